The lowest BCUT2D eigenvalue weighted by Gasteiger charge is -2.30. The van der Waals surface area contributed by atoms with Gasteiger partial charge in [0.05, 0.1) is 11.7 Å². The van der Waals surface area contributed by atoms with Gasteiger partial charge in [0.25, 0.3) is 5.91 Å². The van der Waals surface area contributed by atoms with Crippen LogP contribution < -0.4 is 5.32 Å². The standard InChI is InChI=1S/C18H27N3O2/c1-13-7-9-21(10-8-13)18(23)15-5-6-17(20-12-15)19-11-14-3-2-4-16(14)22/h5-6,12-14,16,22H,2-4,7-11H2,1H3,(H,19,20). The van der Waals surface area contributed by atoms with E-state index in [4.69, 9.17) is 0 Å². The van der Waals surface area contributed by atoms with Crippen LogP contribution in [0.4, 0.5) is 5.82 Å². The van der Waals surface area contributed by atoms with E-state index >= 15 is 0 Å². The molecule has 1 aliphatic heterocycles. The van der Waals surface area contributed by atoms with Gasteiger partial charge in [-0.25, -0.2) is 4.98 Å². The zero-order valence-corrected chi connectivity index (χ0v) is 13.9. The number of nitrogens with zero attached hydrogens (tertiary/aromatic N) is 2. The van der Waals surface area contributed by atoms with Crippen molar-refractivity contribution < 1.29 is 9.90 Å². The molecule has 126 valence electrons. The molecule has 0 bridgehead atoms. The Morgan fingerprint density at radius 3 is 2.70 bits per heavy atom. The van der Waals surface area contributed by atoms with E-state index in [-0.39, 0.29) is 12.0 Å². The van der Waals surface area contributed by atoms with Gasteiger partial charge in [-0.05, 0) is 43.7 Å². The summed E-state index contributed by atoms with van der Waals surface area (Å²) >= 11 is 0. The molecular weight excluding hydrogens is 290 g/mol. The van der Waals surface area contributed by atoms with Crippen molar-refractivity contribution >= 4 is 11.7 Å². The first-order chi connectivity index (χ1) is 11.1. The molecule has 1 saturated heterocycles. The molecule has 1 aliphatic carbocycles. The van der Waals surface area contributed by atoms with E-state index in [1.807, 2.05) is 17.0 Å². The molecule has 0 aromatic carbocycles. The number of aliphatic hydroxyl groups is 1. The number of likely N-dealkylation sites (tertiary alicyclic amines) is 1. The molecule has 2 unspecified atom stereocenters. The summed E-state index contributed by atoms with van der Waals surface area (Å²) in [4.78, 5) is 18.7. The minimum atomic E-state index is -0.190. The Balaban J connectivity index is 1.53. The fraction of sp³-hybridized carbons (Fsp3) is 0.667. The highest BCUT2D eigenvalue weighted by atomic mass is 16.3. The summed E-state index contributed by atoms with van der Waals surface area (Å²) in [6.07, 6.45) is 6.71. The second kappa shape index (κ2) is 7.30. The highest BCUT2D eigenvalue weighted by Crippen LogP contribution is 2.25. The summed E-state index contributed by atoms with van der Waals surface area (Å²) < 4.78 is 0. The minimum Gasteiger partial charge on any atom is -0.393 e. The van der Waals surface area contributed by atoms with E-state index in [0.717, 1.165) is 63.5 Å². The van der Waals surface area contributed by atoms with Crippen LogP contribution in [0.2, 0.25) is 0 Å². The molecule has 2 N–H and O–H groups in total. The first-order valence-corrected chi connectivity index (χ1v) is 8.81. The molecule has 0 radical (unpaired) electrons. The lowest BCUT2D eigenvalue weighted by atomic mass is 9.99. The maximum absolute atomic E-state index is 12.5. The van der Waals surface area contributed by atoms with Gasteiger partial charge in [-0.3, -0.25) is 4.79 Å². The molecule has 2 atom stereocenters. The first-order valence-electron chi connectivity index (χ1n) is 8.81. The Morgan fingerprint density at radius 2 is 2.09 bits per heavy atom. The van der Waals surface area contributed by atoms with Gasteiger partial charge < -0.3 is 15.3 Å². The number of nitrogens with one attached hydrogen (secondary N) is 1. The van der Waals surface area contributed by atoms with Crippen LogP contribution in [0.5, 0.6) is 0 Å². The van der Waals surface area contributed by atoms with Crippen molar-refractivity contribution in [3.05, 3.63) is 23.9 Å². The Labute approximate surface area is 138 Å². The number of aromatic nitrogens is 1. The summed E-state index contributed by atoms with van der Waals surface area (Å²) in [6, 6.07) is 3.71. The average Bonchev–Trinajstić information content (AvgIpc) is 2.99. The van der Waals surface area contributed by atoms with Gasteiger partial charge in [0.2, 0.25) is 0 Å². The van der Waals surface area contributed by atoms with Crippen molar-refractivity contribution in [1.29, 1.82) is 0 Å². The molecule has 1 amide bonds. The minimum absolute atomic E-state index is 0.0853. The molecule has 3 rings (SSSR count). The van der Waals surface area contributed by atoms with Crippen LogP contribution in [-0.4, -0.2) is 46.6 Å². The largest absolute Gasteiger partial charge is 0.393 e. The highest BCUT2D eigenvalue weighted by molar-refractivity contribution is 5.94. The number of hydrogen-bond acceptors (Lipinski definition) is 4. The smallest absolute Gasteiger partial charge is 0.255 e. The topological polar surface area (TPSA) is 65.5 Å². The molecule has 2 fully saturated rings. The third kappa shape index (κ3) is 4.02. The zero-order chi connectivity index (χ0) is 16.2. The van der Waals surface area contributed by atoms with E-state index in [1.165, 1.54) is 0 Å². The van der Waals surface area contributed by atoms with Crippen molar-refractivity contribution in [1.82, 2.24) is 9.88 Å². The Morgan fingerprint density at radius 1 is 1.30 bits per heavy atom. The van der Waals surface area contributed by atoms with Gasteiger partial charge in [0.1, 0.15) is 5.82 Å². The van der Waals surface area contributed by atoms with Crippen LogP contribution in [0.15, 0.2) is 18.3 Å². The van der Waals surface area contributed by atoms with Gasteiger partial charge in [0, 0.05) is 31.7 Å². The molecule has 2 heterocycles. The first kappa shape index (κ1) is 16.2. The van der Waals surface area contributed by atoms with Crippen LogP contribution in [-0.2, 0) is 0 Å². The maximum atomic E-state index is 12.5. The Kier molecular flexibility index (Phi) is 5.16. The molecule has 1 aromatic rings. The number of amides is 1. The lowest BCUT2D eigenvalue weighted by Crippen LogP contribution is -2.37. The summed E-state index contributed by atoms with van der Waals surface area (Å²) in [6.45, 7) is 4.68. The van der Waals surface area contributed by atoms with Crippen molar-refractivity contribution in [2.45, 2.75) is 45.1 Å². The van der Waals surface area contributed by atoms with Crippen LogP contribution in [0.25, 0.3) is 0 Å². The zero-order valence-electron chi connectivity index (χ0n) is 13.9. The molecule has 5 nitrogen and oxygen atoms in total. The Bertz CT molecular complexity index is 524. The monoisotopic (exact) mass is 317 g/mol. The molecule has 1 saturated carbocycles. The van der Waals surface area contributed by atoms with Crippen molar-refractivity contribution in [2.75, 3.05) is 25.0 Å². The molecule has 2 aliphatic rings. The van der Waals surface area contributed by atoms with E-state index < -0.39 is 0 Å². The third-order valence-corrected chi connectivity index (χ3v) is 5.25. The molecule has 0 spiro atoms. The second-order valence-electron chi connectivity index (χ2n) is 7.05. The van der Waals surface area contributed by atoms with E-state index in [0.29, 0.717) is 11.5 Å². The maximum Gasteiger partial charge on any atom is 0.255 e. The predicted molar refractivity (Wildman–Crippen MR) is 90.4 cm³/mol. The van der Waals surface area contributed by atoms with E-state index in [2.05, 4.69) is 17.2 Å². The molecular formula is C18H27N3O2. The fourth-order valence-electron chi connectivity index (χ4n) is 3.51. The molecule has 1 aromatic heterocycles. The number of carbonyl (C=O) groups is 1. The third-order valence-electron chi connectivity index (χ3n) is 5.25. The molecule has 23 heavy (non-hydrogen) atoms. The number of carbonyl (C=O) groups excluding carboxylic acids is 1. The second-order valence-corrected chi connectivity index (χ2v) is 7.05. The Hall–Kier alpha value is -1.62. The van der Waals surface area contributed by atoms with Gasteiger partial charge in [-0.1, -0.05) is 13.3 Å². The van der Waals surface area contributed by atoms with Crippen LogP contribution >= 0.6 is 0 Å². The average molecular weight is 317 g/mol. The predicted octanol–water partition coefficient (Wildman–Crippen LogP) is 2.53. The van der Waals surface area contributed by atoms with E-state index in [1.54, 1.807) is 6.20 Å². The lowest BCUT2D eigenvalue weighted by molar-refractivity contribution is 0.0697. The van der Waals surface area contributed by atoms with Crippen molar-refractivity contribution in [2.24, 2.45) is 11.8 Å². The summed E-state index contributed by atoms with van der Waals surface area (Å²) in [5.74, 6) is 1.89. The van der Waals surface area contributed by atoms with Crippen LogP contribution in [0.1, 0.15) is 49.4 Å². The fourth-order valence-corrected chi connectivity index (χ4v) is 3.51. The number of pyridine rings is 1. The van der Waals surface area contributed by atoms with Gasteiger partial charge in [-0.2, -0.15) is 0 Å². The summed E-state index contributed by atoms with van der Waals surface area (Å²) in [5, 5.41) is 13.1. The summed E-state index contributed by atoms with van der Waals surface area (Å²) in [5.41, 5.74) is 0.658. The van der Waals surface area contributed by atoms with Crippen LogP contribution in [0, 0.1) is 11.8 Å². The summed E-state index contributed by atoms with van der Waals surface area (Å²) in [7, 11) is 0. The SMILES string of the molecule is CC1CCN(C(=O)c2ccc(NCC3CCCC3O)nc2)CC1. The number of piperidine rings is 1. The van der Waals surface area contributed by atoms with Crippen molar-refractivity contribution in [3.63, 3.8) is 0 Å². The van der Waals surface area contributed by atoms with Crippen LogP contribution in [0.3, 0.4) is 0 Å². The normalized spacial score (nSPS) is 25.6. The molecule has 5 heteroatoms. The van der Waals surface area contributed by atoms with Gasteiger partial charge in [0.15, 0.2) is 0 Å². The van der Waals surface area contributed by atoms with Gasteiger partial charge in [-0.15, -0.1) is 0 Å². The quantitative estimate of drug-likeness (QED) is 0.895. The van der Waals surface area contributed by atoms with E-state index in [9.17, 15) is 9.90 Å². The van der Waals surface area contributed by atoms with Gasteiger partial charge >= 0.3 is 0 Å². The highest BCUT2D eigenvalue weighted by Gasteiger charge is 2.25. The number of aliphatic hydroxyl groups excluding tert-OH is 1. The van der Waals surface area contributed by atoms with Crippen molar-refractivity contribution in [3.8, 4) is 0 Å². The number of hydrogen-bond donors (Lipinski definition) is 2. The number of anilines is 1. The number of rotatable bonds is 4.